The van der Waals surface area contributed by atoms with Crippen LogP contribution in [-0.2, 0) is 4.57 Å². The Balaban J connectivity index is 1.71. The summed E-state index contributed by atoms with van der Waals surface area (Å²) < 4.78 is 25.6. The Bertz CT molecular complexity index is 1140. The van der Waals surface area contributed by atoms with Crippen LogP contribution in [0.4, 0.5) is 11.4 Å². The van der Waals surface area contributed by atoms with Gasteiger partial charge in [-0.15, -0.1) is 0 Å². The van der Waals surface area contributed by atoms with Gasteiger partial charge < -0.3 is 20.5 Å². The van der Waals surface area contributed by atoms with E-state index in [1.165, 1.54) is 0 Å². The summed E-state index contributed by atoms with van der Waals surface area (Å²) in [7, 11) is -3.78. The molecule has 0 heterocycles. The average Bonchev–Trinajstić information content (AvgIpc) is 2.74. The molecule has 0 aliphatic carbocycles. The summed E-state index contributed by atoms with van der Waals surface area (Å²) in [5.41, 5.74) is 14.8. The maximum atomic E-state index is 13.9. The van der Waals surface area contributed by atoms with Gasteiger partial charge in [0, 0.05) is 23.5 Å². The normalized spacial score (nSPS) is 11.1. The number of hydrogen-bond acceptors (Lipinski definition) is 5. The van der Waals surface area contributed by atoms with Gasteiger partial charge in [-0.3, -0.25) is 0 Å². The molecule has 0 amide bonds. The van der Waals surface area contributed by atoms with Gasteiger partial charge in [0.05, 0.1) is 5.30 Å². The second-order valence-electron chi connectivity index (χ2n) is 6.74. The monoisotopic (exact) mass is 416 g/mol. The van der Waals surface area contributed by atoms with E-state index in [0.717, 1.165) is 11.1 Å². The predicted octanol–water partition coefficient (Wildman–Crippen LogP) is 5.49. The van der Waals surface area contributed by atoms with Crippen molar-refractivity contribution >= 4 is 24.3 Å². The van der Waals surface area contributed by atoms with Gasteiger partial charge in [-0.1, -0.05) is 54.6 Å². The van der Waals surface area contributed by atoms with Crippen LogP contribution in [0, 0.1) is 0 Å². The quantitative estimate of drug-likeness (QED) is 0.320. The van der Waals surface area contributed by atoms with E-state index in [1.54, 1.807) is 60.7 Å². The molecule has 0 atom stereocenters. The fourth-order valence-corrected chi connectivity index (χ4v) is 4.56. The van der Waals surface area contributed by atoms with Gasteiger partial charge in [-0.05, 0) is 47.5 Å². The third-order valence-electron chi connectivity index (χ3n) is 4.46. The standard InChI is InChI=1S/C24H21N2O3P/c25-20-8-4-10-22(16-20)28-30(27,29-23-11-5-9-21(26)17-23)24-14-12-19(13-15-24)18-6-2-1-3-7-18/h1-17H,25-26H2. The number of rotatable bonds is 6. The highest BCUT2D eigenvalue weighted by molar-refractivity contribution is 7.63. The topological polar surface area (TPSA) is 87.6 Å². The van der Waals surface area contributed by atoms with Crippen molar-refractivity contribution in [1.29, 1.82) is 0 Å². The third-order valence-corrected chi connectivity index (χ3v) is 6.29. The summed E-state index contributed by atoms with van der Waals surface area (Å²) >= 11 is 0. The lowest BCUT2D eigenvalue weighted by Gasteiger charge is -2.21. The van der Waals surface area contributed by atoms with Crippen molar-refractivity contribution in [2.45, 2.75) is 0 Å². The molecule has 0 aliphatic heterocycles. The number of hydrogen-bond donors (Lipinski definition) is 2. The Hall–Kier alpha value is -3.69. The van der Waals surface area contributed by atoms with Gasteiger partial charge in [0.1, 0.15) is 11.5 Å². The lowest BCUT2D eigenvalue weighted by atomic mass is 10.1. The Morgan fingerprint density at radius 2 is 1.07 bits per heavy atom. The zero-order valence-electron chi connectivity index (χ0n) is 16.1. The molecule has 0 radical (unpaired) electrons. The number of benzene rings is 4. The van der Waals surface area contributed by atoms with E-state index in [0.29, 0.717) is 28.2 Å². The van der Waals surface area contributed by atoms with E-state index in [1.807, 2.05) is 42.5 Å². The number of nitrogen functional groups attached to an aromatic ring is 2. The van der Waals surface area contributed by atoms with Gasteiger partial charge in [0.25, 0.3) is 0 Å². The van der Waals surface area contributed by atoms with E-state index in [9.17, 15) is 4.57 Å². The zero-order valence-corrected chi connectivity index (χ0v) is 17.0. The number of anilines is 2. The second-order valence-corrected chi connectivity index (χ2v) is 8.61. The van der Waals surface area contributed by atoms with Crippen LogP contribution in [-0.4, -0.2) is 0 Å². The smallest absolute Gasteiger partial charge is 0.413 e. The minimum Gasteiger partial charge on any atom is -0.413 e. The first kappa shape index (κ1) is 19.6. The SMILES string of the molecule is Nc1cccc(OP(=O)(Oc2cccc(N)c2)c2ccc(-c3ccccc3)cc2)c1. The fourth-order valence-electron chi connectivity index (χ4n) is 3.01. The van der Waals surface area contributed by atoms with Gasteiger partial charge in [0.15, 0.2) is 0 Å². The third kappa shape index (κ3) is 4.48. The average molecular weight is 416 g/mol. The minimum absolute atomic E-state index is 0.356. The van der Waals surface area contributed by atoms with E-state index in [4.69, 9.17) is 20.5 Å². The summed E-state index contributed by atoms with van der Waals surface area (Å²) in [6, 6.07) is 30.7. The molecular weight excluding hydrogens is 395 g/mol. The summed E-state index contributed by atoms with van der Waals surface area (Å²) in [6.07, 6.45) is 0. The maximum absolute atomic E-state index is 13.9. The molecular formula is C24H21N2O3P. The van der Waals surface area contributed by atoms with E-state index >= 15 is 0 Å². The molecule has 0 fully saturated rings. The fraction of sp³-hybridized carbons (Fsp3) is 0. The summed E-state index contributed by atoms with van der Waals surface area (Å²) in [5, 5.41) is 0.423. The molecule has 4 rings (SSSR count). The Morgan fingerprint density at radius 3 is 1.57 bits per heavy atom. The van der Waals surface area contributed by atoms with Gasteiger partial charge >= 0.3 is 7.60 Å². The molecule has 150 valence electrons. The molecule has 0 saturated carbocycles. The van der Waals surface area contributed by atoms with Gasteiger partial charge in [-0.25, -0.2) is 4.57 Å². The molecule has 0 saturated heterocycles. The van der Waals surface area contributed by atoms with Crippen molar-refractivity contribution in [3.63, 3.8) is 0 Å². The first-order valence-electron chi connectivity index (χ1n) is 9.38. The predicted molar refractivity (Wildman–Crippen MR) is 122 cm³/mol. The Morgan fingerprint density at radius 1 is 0.567 bits per heavy atom. The Kier molecular flexibility index (Phi) is 5.46. The molecule has 0 aliphatic rings. The molecule has 0 bridgehead atoms. The molecule has 0 spiro atoms. The second kappa shape index (κ2) is 8.36. The maximum Gasteiger partial charge on any atom is 0.462 e. The molecule has 6 heteroatoms. The largest absolute Gasteiger partial charge is 0.462 e. The lowest BCUT2D eigenvalue weighted by Crippen LogP contribution is -2.15. The molecule has 4 N–H and O–H groups in total. The summed E-state index contributed by atoms with van der Waals surface area (Å²) in [6.45, 7) is 0. The van der Waals surface area contributed by atoms with Crippen LogP contribution in [0.25, 0.3) is 11.1 Å². The molecule has 4 aromatic carbocycles. The van der Waals surface area contributed by atoms with Gasteiger partial charge in [0.2, 0.25) is 0 Å². The van der Waals surface area contributed by atoms with Crippen LogP contribution in [0.5, 0.6) is 11.5 Å². The Labute approximate surface area is 175 Å². The van der Waals surface area contributed by atoms with Crippen molar-refractivity contribution in [2.75, 3.05) is 11.5 Å². The van der Waals surface area contributed by atoms with Crippen molar-refractivity contribution in [3.05, 3.63) is 103 Å². The van der Waals surface area contributed by atoms with Crippen molar-refractivity contribution in [1.82, 2.24) is 0 Å². The van der Waals surface area contributed by atoms with E-state index < -0.39 is 7.60 Å². The van der Waals surface area contributed by atoms with Crippen LogP contribution in [0.2, 0.25) is 0 Å². The molecule has 0 unspecified atom stereocenters. The highest BCUT2D eigenvalue weighted by atomic mass is 31.2. The van der Waals surface area contributed by atoms with E-state index in [-0.39, 0.29) is 0 Å². The van der Waals surface area contributed by atoms with Crippen molar-refractivity contribution < 1.29 is 13.6 Å². The van der Waals surface area contributed by atoms with Gasteiger partial charge in [-0.2, -0.15) is 0 Å². The zero-order chi connectivity index (χ0) is 21.0. The molecule has 5 nitrogen and oxygen atoms in total. The highest BCUT2D eigenvalue weighted by Crippen LogP contribution is 2.48. The first-order chi connectivity index (χ1) is 14.5. The first-order valence-corrected chi connectivity index (χ1v) is 10.9. The van der Waals surface area contributed by atoms with E-state index in [2.05, 4.69) is 0 Å². The van der Waals surface area contributed by atoms with Crippen molar-refractivity contribution in [3.8, 4) is 22.6 Å². The van der Waals surface area contributed by atoms with Crippen molar-refractivity contribution in [2.24, 2.45) is 0 Å². The van der Waals surface area contributed by atoms with Crippen LogP contribution in [0.15, 0.2) is 103 Å². The molecule has 0 aromatic heterocycles. The van der Waals surface area contributed by atoms with Crippen LogP contribution in [0.1, 0.15) is 0 Å². The molecule has 4 aromatic rings. The minimum atomic E-state index is -3.78. The molecule has 30 heavy (non-hydrogen) atoms. The highest BCUT2D eigenvalue weighted by Gasteiger charge is 2.31. The van der Waals surface area contributed by atoms with Crippen LogP contribution >= 0.6 is 7.60 Å². The number of nitrogens with two attached hydrogens (primary N) is 2. The summed E-state index contributed by atoms with van der Waals surface area (Å²) in [4.78, 5) is 0. The van der Waals surface area contributed by atoms with Crippen LogP contribution in [0.3, 0.4) is 0 Å². The summed E-state index contributed by atoms with van der Waals surface area (Å²) in [5.74, 6) is 0.712. The lowest BCUT2D eigenvalue weighted by molar-refractivity contribution is 0.399. The van der Waals surface area contributed by atoms with Crippen LogP contribution < -0.4 is 25.8 Å².